The fraction of sp³-hybridized carbons (Fsp3) is 0. The van der Waals surface area contributed by atoms with Crippen molar-refractivity contribution in [3.05, 3.63) is 46.4 Å². The third-order valence-electron chi connectivity index (χ3n) is 2.53. The van der Waals surface area contributed by atoms with Gasteiger partial charge in [0.2, 0.25) is 10.0 Å². The minimum absolute atomic E-state index is 0.0851. The van der Waals surface area contributed by atoms with E-state index in [1.807, 2.05) is 0 Å². The van der Waals surface area contributed by atoms with E-state index in [2.05, 4.69) is 21.2 Å². The monoisotopic (exact) mass is 377 g/mol. The Bertz CT molecular complexity index is 789. The van der Waals surface area contributed by atoms with Crippen LogP contribution in [-0.4, -0.2) is 8.42 Å². The maximum atomic E-state index is 13.7. The van der Waals surface area contributed by atoms with Crippen LogP contribution >= 0.6 is 15.9 Å². The number of rotatable bonds is 3. The first kappa shape index (κ1) is 15.7. The smallest absolute Gasteiger partial charge is 0.238 e. The summed E-state index contributed by atoms with van der Waals surface area (Å²) in [6.45, 7) is 0. The SMILES string of the molecule is Nc1cc(Nc2c(F)cc(Br)cc2F)cc(S(N)(=O)=O)c1. The fourth-order valence-electron chi connectivity index (χ4n) is 1.66. The van der Waals surface area contributed by atoms with E-state index >= 15 is 0 Å². The second-order valence-corrected chi connectivity index (χ2v) is 6.68. The van der Waals surface area contributed by atoms with E-state index in [1.54, 1.807) is 0 Å². The summed E-state index contributed by atoms with van der Waals surface area (Å²) in [7, 11) is -3.98. The van der Waals surface area contributed by atoms with Gasteiger partial charge in [-0.3, -0.25) is 0 Å². The number of primary sulfonamides is 1. The summed E-state index contributed by atoms with van der Waals surface area (Å²) in [4.78, 5) is -0.261. The summed E-state index contributed by atoms with van der Waals surface area (Å²) in [6.07, 6.45) is 0. The highest BCUT2D eigenvalue weighted by molar-refractivity contribution is 9.10. The minimum atomic E-state index is -3.98. The van der Waals surface area contributed by atoms with E-state index in [-0.39, 0.29) is 20.7 Å². The van der Waals surface area contributed by atoms with Crippen LogP contribution in [0.15, 0.2) is 39.7 Å². The lowest BCUT2D eigenvalue weighted by molar-refractivity contribution is 0.589. The quantitative estimate of drug-likeness (QED) is 0.716. The predicted octanol–water partition coefficient (Wildman–Crippen LogP) is 2.70. The molecule has 112 valence electrons. The van der Waals surface area contributed by atoms with Crippen molar-refractivity contribution in [1.82, 2.24) is 0 Å². The Morgan fingerprint density at radius 2 is 1.62 bits per heavy atom. The van der Waals surface area contributed by atoms with Crippen LogP contribution in [0, 0.1) is 11.6 Å². The number of anilines is 3. The van der Waals surface area contributed by atoms with E-state index < -0.39 is 27.3 Å². The van der Waals surface area contributed by atoms with Crippen LogP contribution in [0.2, 0.25) is 0 Å². The first-order valence-electron chi connectivity index (χ1n) is 5.52. The Kier molecular flexibility index (Phi) is 4.17. The first-order chi connectivity index (χ1) is 9.66. The molecular formula is C12H10BrF2N3O2S. The molecule has 5 N–H and O–H groups in total. The van der Waals surface area contributed by atoms with Crippen LogP contribution in [0.25, 0.3) is 0 Å². The van der Waals surface area contributed by atoms with Gasteiger partial charge in [0.05, 0.1) is 4.90 Å². The van der Waals surface area contributed by atoms with E-state index in [0.717, 1.165) is 24.3 Å². The summed E-state index contributed by atoms with van der Waals surface area (Å²) < 4.78 is 50.3. The number of sulfonamides is 1. The van der Waals surface area contributed by atoms with Crippen molar-refractivity contribution in [2.45, 2.75) is 4.90 Å². The molecular weight excluding hydrogens is 368 g/mol. The number of hydrogen-bond donors (Lipinski definition) is 3. The summed E-state index contributed by atoms with van der Waals surface area (Å²) in [5.74, 6) is -1.69. The third kappa shape index (κ3) is 3.69. The summed E-state index contributed by atoms with van der Waals surface area (Å²) in [5, 5.41) is 7.45. The Labute approximate surface area is 128 Å². The molecule has 5 nitrogen and oxygen atoms in total. The minimum Gasteiger partial charge on any atom is -0.399 e. The van der Waals surface area contributed by atoms with Gasteiger partial charge in [0, 0.05) is 15.8 Å². The van der Waals surface area contributed by atoms with Gasteiger partial charge in [0.1, 0.15) is 5.69 Å². The number of benzene rings is 2. The van der Waals surface area contributed by atoms with Crippen molar-refractivity contribution in [3.8, 4) is 0 Å². The molecule has 0 atom stereocenters. The zero-order valence-electron chi connectivity index (χ0n) is 10.4. The van der Waals surface area contributed by atoms with Gasteiger partial charge in [-0.2, -0.15) is 0 Å². The fourth-order valence-corrected chi connectivity index (χ4v) is 2.66. The molecule has 0 heterocycles. The van der Waals surface area contributed by atoms with E-state index in [1.165, 1.54) is 6.07 Å². The molecule has 0 aliphatic rings. The van der Waals surface area contributed by atoms with Crippen LogP contribution in [-0.2, 0) is 10.0 Å². The molecule has 0 amide bonds. The van der Waals surface area contributed by atoms with Crippen LogP contribution in [0.1, 0.15) is 0 Å². The molecule has 2 rings (SSSR count). The average molecular weight is 378 g/mol. The van der Waals surface area contributed by atoms with Gasteiger partial charge < -0.3 is 11.1 Å². The molecule has 2 aromatic carbocycles. The zero-order chi connectivity index (χ0) is 15.8. The molecule has 0 saturated carbocycles. The molecule has 0 bridgehead atoms. The summed E-state index contributed by atoms with van der Waals surface area (Å²) >= 11 is 2.96. The van der Waals surface area contributed by atoms with Crippen LogP contribution in [0.5, 0.6) is 0 Å². The van der Waals surface area contributed by atoms with Crippen molar-refractivity contribution in [3.63, 3.8) is 0 Å². The van der Waals surface area contributed by atoms with E-state index in [4.69, 9.17) is 10.9 Å². The van der Waals surface area contributed by atoms with Gasteiger partial charge in [-0.05, 0) is 30.3 Å². The van der Waals surface area contributed by atoms with Gasteiger partial charge in [-0.25, -0.2) is 22.3 Å². The largest absolute Gasteiger partial charge is 0.399 e. The molecule has 0 unspecified atom stereocenters. The maximum Gasteiger partial charge on any atom is 0.238 e. The topological polar surface area (TPSA) is 98.2 Å². The van der Waals surface area contributed by atoms with Gasteiger partial charge >= 0.3 is 0 Å². The molecule has 0 fully saturated rings. The Morgan fingerprint density at radius 3 is 2.14 bits per heavy atom. The first-order valence-corrected chi connectivity index (χ1v) is 7.85. The molecule has 0 aliphatic heterocycles. The lowest BCUT2D eigenvalue weighted by Crippen LogP contribution is -2.13. The number of nitrogens with one attached hydrogen (secondary N) is 1. The van der Waals surface area contributed by atoms with Crippen molar-refractivity contribution >= 4 is 43.0 Å². The van der Waals surface area contributed by atoms with Crippen molar-refractivity contribution < 1.29 is 17.2 Å². The number of halogens is 3. The van der Waals surface area contributed by atoms with Gasteiger partial charge in [-0.1, -0.05) is 15.9 Å². The predicted molar refractivity (Wildman–Crippen MR) is 79.6 cm³/mol. The van der Waals surface area contributed by atoms with Crippen LogP contribution < -0.4 is 16.2 Å². The lowest BCUT2D eigenvalue weighted by Gasteiger charge is -2.11. The molecule has 0 spiro atoms. The van der Waals surface area contributed by atoms with Crippen LogP contribution in [0.4, 0.5) is 25.8 Å². The van der Waals surface area contributed by atoms with Crippen molar-refractivity contribution in [2.24, 2.45) is 5.14 Å². The maximum absolute atomic E-state index is 13.7. The van der Waals surface area contributed by atoms with Gasteiger partial charge in [-0.15, -0.1) is 0 Å². The molecule has 0 radical (unpaired) electrons. The standard InChI is InChI=1S/C12H10BrF2N3O2S/c13-6-1-10(14)12(11(15)2-6)18-8-3-7(16)4-9(5-8)21(17,19)20/h1-5,18H,16H2,(H2,17,19,20). The normalized spacial score (nSPS) is 11.4. The highest BCUT2D eigenvalue weighted by Crippen LogP contribution is 2.28. The summed E-state index contributed by atoms with van der Waals surface area (Å²) in [6, 6.07) is 5.74. The molecule has 2 aromatic rings. The van der Waals surface area contributed by atoms with E-state index in [9.17, 15) is 17.2 Å². The van der Waals surface area contributed by atoms with Gasteiger partial charge in [0.15, 0.2) is 11.6 Å². The number of hydrogen-bond acceptors (Lipinski definition) is 4. The third-order valence-corrected chi connectivity index (χ3v) is 3.88. The molecule has 0 aromatic heterocycles. The Balaban J connectivity index is 2.48. The second-order valence-electron chi connectivity index (χ2n) is 4.21. The Hall–Kier alpha value is -1.71. The number of nitrogens with two attached hydrogens (primary N) is 2. The molecule has 9 heteroatoms. The zero-order valence-corrected chi connectivity index (χ0v) is 12.8. The van der Waals surface area contributed by atoms with Crippen LogP contribution in [0.3, 0.4) is 0 Å². The van der Waals surface area contributed by atoms with Gasteiger partial charge in [0.25, 0.3) is 0 Å². The highest BCUT2D eigenvalue weighted by Gasteiger charge is 2.14. The number of nitrogen functional groups attached to an aromatic ring is 1. The molecule has 21 heavy (non-hydrogen) atoms. The lowest BCUT2D eigenvalue weighted by atomic mass is 10.2. The van der Waals surface area contributed by atoms with Crippen molar-refractivity contribution in [2.75, 3.05) is 11.1 Å². The van der Waals surface area contributed by atoms with Crippen molar-refractivity contribution in [1.29, 1.82) is 0 Å². The summed E-state index contributed by atoms with van der Waals surface area (Å²) in [5.41, 5.74) is 5.31. The second kappa shape index (κ2) is 5.58. The Morgan fingerprint density at radius 1 is 1.05 bits per heavy atom. The molecule has 0 aliphatic carbocycles. The average Bonchev–Trinajstić information content (AvgIpc) is 2.32. The highest BCUT2D eigenvalue weighted by atomic mass is 79.9. The molecule has 0 saturated heterocycles. The van der Waals surface area contributed by atoms with E-state index in [0.29, 0.717) is 0 Å².